The number of aliphatic hydroxyl groups excluding tert-OH is 2. The van der Waals surface area contributed by atoms with Gasteiger partial charge in [-0.05, 0) is 41.5 Å². The lowest BCUT2D eigenvalue weighted by Crippen LogP contribution is -2.49. The highest BCUT2D eigenvalue weighted by Gasteiger charge is 2.56. The second kappa shape index (κ2) is 6.10. The molecule has 2 N–H and O–H groups in total. The predicted molar refractivity (Wildman–Crippen MR) is 77.7 cm³/mol. The number of hydrogen-bond donors (Lipinski definition) is 2. The van der Waals surface area contributed by atoms with Crippen LogP contribution in [0.25, 0.3) is 0 Å². The van der Waals surface area contributed by atoms with Gasteiger partial charge in [0.25, 0.3) is 0 Å². The Balaban J connectivity index is 1.97. The van der Waals surface area contributed by atoms with Gasteiger partial charge in [-0.2, -0.15) is 0 Å². The molecule has 2 aliphatic rings. The van der Waals surface area contributed by atoms with Crippen molar-refractivity contribution in [3.8, 4) is 0 Å². The number of hydrogen-bond acceptors (Lipinski definition) is 6. The van der Waals surface area contributed by atoms with Gasteiger partial charge in [-0.3, -0.25) is 4.90 Å². The van der Waals surface area contributed by atoms with E-state index in [4.69, 9.17) is 14.2 Å². The second-order valence-corrected chi connectivity index (χ2v) is 7.01. The summed E-state index contributed by atoms with van der Waals surface area (Å²) in [4.78, 5) is 2.17. The zero-order valence-corrected chi connectivity index (χ0v) is 13.8. The first kappa shape index (κ1) is 17.1. The fourth-order valence-corrected chi connectivity index (χ4v) is 3.17. The molecule has 124 valence electrons. The SMILES string of the molecule is CC(C)N(C[C@@H](O)[C@H]1O[C@@H]2OC(C)(C)O[C@@H]2[C@H]1O)C(C)C. The third kappa shape index (κ3) is 3.57. The molecule has 2 heterocycles. The van der Waals surface area contributed by atoms with Crippen molar-refractivity contribution in [1.29, 1.82) is 0 Å². The van der Waals surface area contributed by atoms with Crippen molar-refractivity contribution in [3.63, 3.8) is 0 Å². The quantitative estimate of drug-likeness (QED) is 0.779. The lowest BCUT2D eigenvalue weighted by molar-refractivity contribution is -0.226. The summed E-state index contributed by atoms with van der Waals surface area (Å²) in [6.07, 6.45) is -3.50. The van der Waals surface area contributed by atoms with Gasteiger partial charge in [0, 0.05) is 18.6 Å². The molecule has 5 atom stereocenters. The monoisotopic (exact) mass is 303 g/mol. The maximum absolute atomic E-state index is 10.4. The van der Waals surface area contributed by atoms with Gasteiger partial charge < -0.3 is 24.4 Å². The number of fused-ring (bicyclic) bond motifs is 1. The van der Waals surface area contributed by atoms with Crippen molar-refractivity contribution in [2.75, 3.05) is 6.54 Å². The van der Waals surface area contributed by atoms with Crippen LogP contribution >= 0.6 is 0 Å². The van der Waals surface area contributed by atoms with Crippen LogP contribution in [-0.4, -0.2) is 70.2 Å². The normalized spacial score (nSPS) is 36.7. The van der Waals surface area contributed by atoms with Gasteiger partial charge in [0.2, 0.25) is 0 Å². The molecule has 0 saturated carbocycles. The summed E-state index contributed by atoms with van der Waals surface area (Å²) in [5.41, 5.74) is 0. The van der Waals surface area contributed by atoms with Crippen molar-refractivity contribution >= 4 is 0 Å². The van der Waals surface area contributed by atoms with Gasteiger partial charge in [0.15, 0.2) is 12.1 Å². The van der Waals surface area contributed by atoms with E-state index in [-0.39, 0.29) is 0 Å². The van der Waals surface area contributed by atoms with Crippen LogP contribution in [0.3, 0.4) is 0 Å². The Bertz CT molecular complexity index is 352. The van der Waals surface area contributed by atoms with Gasteiger partial charge in [0.1, 0.15) is 18.3 Å². The summed E-state index contributed by atoms with van der Waals surface area (Å²) >= 11 is 0. The molecule has 2 rings (SSSR count). The number of ether oxygens (including phenoxy) is 3. The summed E-state index contributed by atoms with van der Waals surface area (Å²) < 4.78 is 16.9. The van der Waals surface area contributed by atoms with Crippen molar-refractivity contribution in [1.82, 2.24) is 4.90 Å². The molecular weight excluding hydrogens is 274 g/mol. The maximum Gasteiger partial charge on any atom is 0.190 e. The number of nitrogens with zero attached hydrogens (tertiary/aromatic N) is 1. The number of aliphatic hydroxyl groups is 2. The van der Waals surface area contributed by atoms with E-state index in [2.05, 4.69) is 32.6 Å². The average molecular weight is 303 g/mol. The molecule has 0 aliphatic carbocycles. The minimum atomic E-state index is -0.882. The lowest BCUT2D eigenvalue weighted by Gasteiger charge is -2.34. The van der Waals surface area contributed by atoms with Gasteiger partial charge in [-0.15, -0.1) is 0 Å². The van der Waals surface area contributed by atoms with Crippen LogP contribution in [-0.2, 0) is 14.2 Å². The first-order valence-corrected chi connectivity index (χ1v) is 7.75. The molecule has 2 fully saturated rings. The Hall–Kier alpha value is -0.240. The highest BCUT2D eigenvalue weighted by molar-refractivity contribution is 4.96. The zero-order chi connectivity index (χ0) is 15.9. The minimum Gasteiger partial charge on any atom is -0.389 e. The van der Waals surface area contributed by atoms with Gasteiger partial charge in [-0.1, -0.05) is 0 Å². The fraction of sp³-hybridized carbons (Fsp3) is 1.00. The highest BCUT2D eigenvalue weighted by atomic mass is 16.8. The van der Waals surface area contributed by atoms with Crippen LogP contribution in [0.2, 0.25) is 0 Å². The largest absolute Gasteiger partial charge is 0.389 e. The first-order valence-electron chi connectivity index (χ1n) is 7.75. The molecule has 2 aliphatic heterocycles. The van der Waals surface area contributed by atoms with Crippen LogP contribution < -0.4 is 0 Å². The molecule has 0 radical (unpaired) electrons. The number of rotatable bonds is 5. The van der Waals surface area contributed by atoms with E-state index in [0.717, 1.165) is 0 Å². The molecular formula is C15H29NO5. The molecule has 0 aromatic rings. The van der Waals surface area contributed by atoms with Gasteiger partial charge in [0.05, 0.1) is 6.10 Å². The van der Waals surface area contributed by atoms with Crippen molar-refractivity contribution in [2.24, 2.45) is 0 Å². The van der Waals surface area contributed by atoms with E-state index in [1.165, 1.54) is 0 Å². The van der Waals surface area contributed by atoms with Crippen LogP contribution in [0.1, 0.15) is 41.5 Å². The Morgan fingerprint density at radius 1 is 1.10 bits per heavy atom. The van der Waals surface area contributed by atoms with E-state index in [0.29, 0.717) is 18.6 Å². The molecule has 21 heavy (non-hydrogen) atoms. The lowest BCUT2D eigenvalue weighted by atomic mass is 10.0. The maximum atomic E-state index is 10.4. The van der Waals surface area contributed by atoms with Crippen LogP contribution in [0.15, 0.2) is 0 Å². The van der Waals surface area contributed by atoms with Gasteiger partial charge >= 0.3 is 0 Å². The summed E-state index contributed by atoms with van der Waals surface area (Å²) in [6, 6.07) is 0.619. The van der Waals surface area contributed by atoms with Gasteiger partial charge in [-0.25, -0.2) is 0 Å². The third-order valence-electron chi connectivity index (χ3n) is 4.16. The predicted octanol–water partition coefficient (Wildman–Crippen LogP) is 0.703. The zero-order valence-electron chi connectivity index (χ0n) is 13.8. The average Bonchev–Trinajstić information content (AvgIpc) is 2.79. The topological polar surface area (TPSA) is 71.4 Å². The third-order valence-corrected chi connectivity index (χ3v) is 4.16. The van der Waals surface area contributed by atoms with Crippen LogP contribution in [0.4, 0.5) is 0 Å². The van der Waals surface area contributed by atoms with Crippen LogP contribution in [0, 0.1) is 0 Å². The van der Waals surface area contributed by atoms with E-state index in [9.17, 15) is 10.2 Å². The molecule has 2 saturated heterocycles. The molecule has 0 spiro atoms. The minimum absolute atomic E-state index is 0.309. The molecule has 0 bridgehead atoms. The van der Waals surface area contributed by atoms with E-state index >= 15 is 0 Å². The standard InChI is InChI=1S/C15H29NO5/c1-8(2)16(9(3)4)7-10(17)12-11(18)13-14(19-12)21-15(5,6)20-13/h8-14,17-18H,7H2,1-6H3/t10-,11+,12-,13-,14-/m1/s1. The molecule has 6 heteroatoms. The second-order valence-electron chi connectivity index (χ2n) is 7.01. The van der Waals surface area contributed by atoms with E-state index < -0.39 is 36.5 Å². The Kier molecular flexibility index (Phi) is 4.97. The first-order chi connectivity index (χ1) is 9.62. The molecule has 0 aromatic carbocycles. The Morgan fingerprint density at radius 2 is 1.67 bits per heavy atom. The van der Waals surface area contributed by atoms with E-state index in [1.54, 1.807) is 13.8 Å². The molecule has 6 nitrogen and oxygen atoms in total. The van der Waals surface area contributed by atoms with Crippen molar-refractivity contribution in [2.45, 2.75) is 90.1 Å². The highest BCUT2D eigenvalue weighted by Crippen LogP contribution is 2.38. The molecule has 0 amide bonds. The summed E-state index contributed by atoms with van der Waals surface area (Å²) in [5.74, 6) is -0.756. The van der Waals surface area contributed by atoms with Crippen molar-refractivity contribution < 1.29 is 24.4 Å². The van der Waals surface area contributed by atoms with Crippen LogP contribution in [0.5, 0.6) is 0 Å². The summed E-state index contributed by atoms with van der Waals surface area (Å²) in [5, 5.41) is 20.8. The van der Waals surface area contributed by atoms with E-state index in [1.807, 2.05) is 0 Å². The molecule has 0 unspecified atom stereocenters. The van der Waals surface area contributed by atoms with Crippen molar-refractivity contribution in [3.05, 3.63) is 0 Å². The summed E-state index contributed by atoms with van der Waals surface area (Å²) in [7, 11) is 0. The Labute approximate surface area is 127 Å². The fourth-order valence-electron chi connectivity index (χ4n) is 3.17. The molecule has 0 aromatic heterocycles. The Morgan fingerprint density at radius 3 is 2.14 bits per heavy atom. The smallest absolute Gasteiger partial charge is 0.190 e. The summed E-state index contributed by atoms with van der Waals surface area (Å²) in [6.45, 7) is 12.4.